The minimum absolute atomic E-state index is 0.479. The number of hydrogen-bond acceptors (Lipinski definition) is 6. The van der Waals surface area contributed by atoms with Crippen molar-refractivity contribution in [1.82, 2.24) is 0 Å². The van der Waals surface area contributed by atoms with Crippen molar-refractivity contribution in [1.29, 1.82) is 0 Å². The van der Waals surface area contributed by atoms with Gasteiger partial charge >= 0.3 is 0 Å². The predicted octanol–water partition coefficient (Wildman–Crippen LogP) is 6.81. The van der Waals surface area contributed by atoms with Crippen LogP contribution in [-0.2, 0) is 20.2 Å². The Morgan fingerprint density at radius 2 is 0.683 bits per heavy atom. The first-order valence-electron chi connectivity index (χ1n) is 16.0. The van der Waals surface area contributed by atoms with Gasteiger partial charge in [0, 0.05) is 0 Å². The molecule has 0 aromatic carbocycles. The first-order chi connectivity index (χ1) is 19.2. The second-order valence-electron chi connectivity index (χ2n) is 11.3. The molecule has 0 saturated carbocycles. The van der Waals surface area contributed by atoms with E-state index in [-0.39, 0.29) is 0 Å². The molecule has 10 heteroatoms. The molecule has 0 aliphatic heterocycles. The summed E-state index contributed by atoms with van der Waals surface area (Å²) in [6.45, 7) is 30.3. The molecule has 0 fully saturated rings. The van der Waals surface area contributed by atoms with Gasteiger partial charge in [0.05, 0.1) is 71.0 Å². The van der Waals surface area contributed by atoms with E-state index in [1.54, 1.807) is 0 Å². The first kappa shape index (κ1) is 44.7. The Morgan fingerprint density at radius 3 is 0.780 bits per heavy atom. The molecule has 0 rings (SSSR count). The summed E-state index contributed by atoms with van der Waals surface area (Å²) in [5, 5.41) is 0. The molecule has 0 saturated heterocycles. The highest BCUT2D eigenvalue weighted by Gasteiger charge is 2.38. The molecule has 0 atom stereocenters. The summed E-state index contributed by atoms with van der Waals surface area (Å²) in [7, 11) is -8.08. The van der Waals surface area contributed by atoms with Crippen molar-refractivity contribution < 1.29 is 34.9 Å². The zero-order valence-electron chi connectivity index (χ0n) is 27.6. The molecule has 8 nitrogen and oxygen atoms in total. The van der Waals surface area contributed by atoms with Gasteiger partial charge in [-0.2, -0.15) is 0 Å². The van der Waals surface area contributed by atoms with Crippen LogP contribution in [0.4, 0.5) is 0 Å². The molecule has 0 unspecified atom stereocenters. The molecule has 0 spiro atoms. The lowest BCUT2D eigenvalue weighted by molar-refractivity contribution is -1.10. The topological polar surface area (TPSA) is 114 Å². The molecule has 0 aromatic heterocycles. The standard InChI is InChI=1S/C25H56N2.2C3H6O3S/c1-7-13-19-26(20-14-8-2,21-15-9-3)25-27(22-16-10-4,23-17-11-5)24-18-12-6;2*1-2-3-7(4,5)6/h7-25H2,1-6H3;2*2H,1,3H2,(H,4,5,6)/q+2;;/p-2. The van der Waals surface area contributed by atoms with Gasteiger partial charge in [-0.15, -0.1) is 13.2 Å². The smallest absolute Gasteiger partial charge is 0.207 e. The van der Waals surface area contributed by atoms with Gasteiger partial charge in [0.2, 0.25) is 6.67 Å². The molecule has 0 N–H and O–H groups in total. The van der Waals surface area contributed by atoms with Crippen molar-refractivity contribution in [2.45, 2.75) is 119 Å². The highest BCUT2D eigenvalue weighted by molar-refractivity contribution is 7.86. The molecule has 0 radical (unpaired) electrons. The molecule has 0 aromatic rings. The third-order valence-corrected chi connectivity index (χ3v) is 8.45. The Balaban J connectivity index is -0.000000840. The summed E-state index contributed by atoms with van der Waals surface area (Å²) in [5.74, 6) is -0.958. The lowest BCUT2D eigenvalue weighted by Crippen LogP contribution is -2.64. The van der Waals surface area contributed by atoms with Crippen LogP contribution in [-0.4, -0.2) is 92.4 Å². The van der Waals surface area contributed by atoms with Gasteiger partial charge in [-0.1, -0.05) is 92.2 Å². The normalized spacial score (nSPS) is 12.1. The van der Waals surface area contributed by atoms with Crippen LogP contribution in [0, 0.1) is 0 Å². The fraction of sp³-hybridized carbons (Fsp3) is 0.871. The van der Waals surface area contributed by atoms with E-state index in [0.29, 0.717) is 0 Å². The van der Waals surface area contributed by atoms with Gasteiger partial charge in [-0.05, 0) is 38.5 Å². The summed E-state index contributed by atoms with van der Waals surface area (Å²) >= 11 is 0. The molecule has 0 amide bonds. The van der Waals surface area contributed by atoms with Crippen LogP contribution in [0.25, 0.3) is 0 Å². The Kier molecular flexibility index (Phi) is 29.2. The van der Waals surface area contributed by atoms with E-state index in [2.05, 4.69) is 54.7 Å². The maximum absolute atomic E-state index is 9.60. The van der Waals surface area contributed by atoms with Crippen LogP contribution >= 0.6 is 0 Å². The third kappa shape index (κ3) is 29.1. The molecular formula is C31H66N2O6S2. The Morgan fingerprint density at radius 1 is 0.488 bits per heavy atom. The zero-order valence-corrected chi connectivity index (χ0v) is 29.2. The van der Waals surface area contributed by atoms with E-state index >= 15 is 0 Å². The fourth-order valence-corrected chi connectivity index (χ4v) is 5.56. The van der Waals surface area contributed by atoms with Gasteiger partial charge in [0.25, 0.3) is 0 Å². The van der Waals surface area contributed by atoms with E-state index in [1.807, 2.05) is 0 Å². The average Bonchev–Trinajstić information content (AvgIpc) is 2.89. The lowest BCUT2D eigenvalue weighted by atomic mass is 10.1. The number of nitrogens with zero attached hydrogens (tertiary/aromatic N) is 2. The number of unbranched alkanes of at least 4 members (excludes halogenated alkanes) is 6. The van der Waals surface area contributed by atoms with Crippen molar-refractivity contribution in [3.8, 4) is 0 Å². The Bertz CT molecular complexity index is 718. The van der Waals surface area contributed by atoms with Crippen molar-refractivity contribution >= 4 is 20.2 Å². The van der Waals surface area contributed by atoms with Crippen molar-refractivity contribution in [2.75, 3.05) is 57.4 Å². The van der Waals surface area contributed by atoms with Crippen molar-refractivity contribution in [2.24, 2.45) is 0 Å². The molecule has 0 aliphatic carbocycles. The number of hydrogen-bond donors (Lipinski definition) is 0. The minimum atomic E-state index is -4.04. The Labute approximate surface area is 256 Å². The van der Waals surface area contributed by atoms with Gasteiger partial charge in [-0.3, -0.25) is 8.97 Å². The van der Waals surface area contributed by atoms with Crippen molar-refractivity contribution in [3.05, 3.63) is 25.3 Å². The van der Waals surface area contributed by atoms with Crippen LogP contribution in [0.3, 0.4) is 0 Å². The van der Waals surface area contributed by atoms with E-state index in [4.69, 9.17) is 0 Å². The average molecular weight is 627 g/mol. The number of quaternary nitrogens is 2. The lowest BCUT2D eigenvalue weighted by Gasteiger charge is -2.48. The summed E-state index contributed by atoms with van der Waals surface area (Å²) in [6.07, 6.45) is 18.6. The summed E-state index contributed by atoms with van der Waals surface area (Å²) in [5.41, 5.74) is 0. The zero-order chi connectivity index (χ0) is 32.3. The molecule has 0 bridgehead atoms. The monoisotopic (exact) mass is 626 g/mol. The van der Waals surface area contributed by atoms with Crippen LogP contribution < -0.4 is 0 Å². The second-order valence-corrected chi connectivity index (χ2v) is 14.2. The van der Waals surface area contributed by atoms with Crippen LogP contribution in [0.1, 0.15) is 119 Å². The molecule has 41 heavy (non-hydrogen) atoms. The molecule has 0 aliphatic rings. The highest BCUT2D eigenvalue weighted by Crippen LogP contribution is 2.24. The second kappa shape index (κ2) is 26.8. The van der Waals surface area contributed by atoms with Gasteiger partial charge in [0.1, 0.15) is 0 Å². The van der Waals surface area contributed by atoms with E-state index in [9.17, 15) is 25.9 Å². The van der Waals surface area contributed by atoms with Gasteiger partial charge < -0.3 is 9.11 Å². The summed E-state index contributed by atoms with van der Waals surface area (Å²) < 4.78 is 60.4. The summed E-state index contributed by atoms with van der Waals surface area (Å²) in [4.78, 5) is 0. The maximum Gasteiger partial charge on any atom is 0.207 e. The minimum Gasteiger partial charge on any atom is -0.748 e. The Hall–Kier alpha value is -0.780. The molecule has 0 heterocycles. The van der Waals surface area contributed by atoms with Gasteiger partial charge in [0.15, 0.2) is 0 Å². The van der Waals surface area contributed by atoms with Gasteiger partial charge in [-0.25, -0.2) is 16.8 Å². The maximum atomic E-state index is 9.60. The third-order valence-electron chi connectivity index (χ3n) is 7.16. The number of rotatable bonds is 24. The quantitative estimate of drug-likeness (QED) is 0.0503. The van der Waals surface area contributed by atoms with Crippen LogP contribution in [0.5, 0.6) is 0 Å². The predicted molar refractivity (Wildman–Crippen MR) is 174 cm³/mol. The molecular weight excluding hydrogens is 560 g/mol. The fourth-order valence-electron chi connectivity index (χ4n) is 4.98. The highest BCUT2D eigenvalue weighted by atomic mass is 32.2. The summed E-state index contributed by atoms with van der Waals surface area (Å²) in [6, 6.07) is 0. The van der Waals surface area contributed by atoms with E-state index < -0.39 is 31.7 Å². The SMILES string of the molecule is C=CCS(=O)(=O)[O-].C=CCS(=O)(=O)[O-].CCCC[N+](CCCC)(CCCC)C[N+](CCCC)(CCCC)CCCC. The first-order valence-corrected chi connectivity index (χ1v) is 19.1. The van der Waals surface area contributed by atoms with Crippen LogP contribution in [0.2, 0.25) is 0 Å². The van der Waals surface area contributed by atoms with Crippen molar-refractivity contribution in [3.63, 3.8) is 0 Å². The van der Waals surface area contributed by atoms with E-state index in [1.165, 1.54) is 132 Å². The van der Waals surface area contributed by atoms with E-state index in [0.717, 1.165) is 12.2 Å². The molecule has 248 valence electrons. The largest absolute Gasteiger partial charge is 0.748 e. The van der Waals surface area contributed by atoms with Crippen LogP contribution in [0.15, 0.2) is 25.3 Å².